The van der Waals surface area contributed by atoms with Gasteiger partial charge in [-0.25, -0.2) is 0 Å². The lowest BCUT2D eigenvalue weighted by atomic mass is 9.99. The fourth-order valence-corrected chi connectivity index (χ4v) is 4.19. The van der Waals surface area contributed by atoms with Crippen LogP contribution in [0.5, 0.6) is 0 Å². The van der Waals surface area contributed by atoms with E-state index in [0.29, 0.717) is 5.37 Å². The highest BCUT2D eigenvalue weighted by molar-refractivity contribution is 8.00. The zero-order valence-electron chi connectivity index (χ0n) is 13.0. The Morgan fingerprint density at radius 2 is 1.96 bits per heavy atom. The zero-order chi connectivity index (χ0) is 15.6. The summed E-state index contributed by atoms with van der Waals surface area (Å²) in [7, 11) is 2.16. The Morgan fingerprint density at radius 1 is 1.13 bits per heavy atom. The zero-order valence-corrected chi connectivity index (χ0v) is 13.8. The first-order chi connectivity index (χ1) is 11.3. The number of hydrogen-bond acceptors (Lipinski definition) is 3. The number of allylic oxidation sites excluding steroid dienone is 3. The maximum atomic E-state index is 4.47. The van der Waals surface area contributed by atoms with Gasteiger partial charge in [-0.05, 0) is 23.8 Å². The monoisotopic (exact) mass is 318 g/mol. The third kappa shape index (κ3) is 2.73. The lowest BCUT2D eigenvalue weighted by Gasteiger charge is -2.18. The van der Waals surface area contributed by atoms with Gasteiger partial charge in [-0.15, -0.1) is 0 Å². The quantitative estimate of drug-likeness (QED) is 0.746. The summed E-state index contributed by atoms with van der Waals surface area (Å²) in [5, 5.41) is 0.358. The number of thioether (sulfide) groups is 1. The Balaban J connectivity index is 1.54. The van der Waals surface area contributed by atoms with Gasteiger partial charge >= 0.3 is 0 Å². The van der Waals surface area contributed by atoms with Crippen LogP contribution >= 0.6 is 11.8 Å². The predicted octanol–water partition coefficient (Wildman–Crippen LogP) is 5.30. The summed E-state index contributed by atoms with van der Waals surface area (Å²) in [6, 6.07) is 16.9. The lowest BCUT2D eigenvalue weighted by molar-refractivity contribution is 0.990. The number of anilines is 1. The normalized spacial score (nSPS) is 21.0. The van der Waals surface area contributed by atoms with E-state index in [9.17, 15) is 0 Å². The van der Waals surface area contributed by atoms with Crippen LogP contribution in [0.25, 0.3) is 5.57 Å². The first kappa shape index (κ1) is 14.3. The van der Waals surface area contributed by atoms with E-state index in [-0.39, 0.29) is 0 Å². The topological polar surface area (TPSA) is 15.6 Å². The molecule has 2 aromatic rings. The molecular weight excluding hydrogens is 300 g/mol. The largest absolute Gasteiger partial charge is 0.358 e. The van der Waals surface area contributed by atoms with E-state index in [1.165, 1.54) is 21.7 Å². The van der Waals surface area contributed by atoms with Gasteiger partial charge in [0.2, 0.25) is 0 Å². The van der Waals surface area contributed by atoms with Gasteiger partial charge in [-0.2, -0.15) is 0 Å². The van der Waals surface area contributed by atoms with Gasteiger partial charge in [-0.3, -0.25) is 4.99 Å². The number of hydrogen-bond donors (Lipinski definition) is 0. The predicted molar refractivity (Wildman–Crippen MR) is 101 cm³/mol. The smallest absolute Gasteiger partial charge is 0.0982 e. The van der Waals surface area contributed by atoms with Crippen LogP contribution < -0.4 is 4.90 Å². The summed E-state index contributed by atoms with van der Waals surface area (Å²) in [6.07, 6.45) is 9.57. The average molecular weight is 318 g/mol. The molecule has 0 bridgehead atoms. The summed E-state index contributed by atoms with van der Waals surface area (Å²) in [4.78, 5) is 8.14. The molecule has 0 fully saturated rings. The Hall–Kier alpha value is -2.26. The van der Waals surface area contributed by atoms with Gasteiger partial charge < -0.3 is 4.90 Å². The van der Waals surface area contributed by atoms with E-state index in [1.807, 2.05) is 24.0 Å². The van der Waals surface area contributed by atoms with Crippen molar-refractivity contribution in [2.45, 2.75) is 16.7 Å². The third-order valence-corrected chi connectivity index (χ3v) is 5.55. The summed E-state index contributed by atoms with van der Waals surface area (Å²) in [5.74, 6) is 0. The highest BCUT2D eigenvalue weighted by atomic mass is 32.2. The van der Waals surface area contributed by atoms with Crippen molar-refractivity contribution in [3.8, 4) is 0 Å². The van der Waals surface area contributed by atoms with Crippen LogP contribution in [0.2, 0.25) is 0 Å². The van der Waals surface area contributed by atoms with Crippen LogP contribution in [-0.4, -0.2) is 18.6 Å². The average Bonchev–Trinajstić information content (AvgIpc) is 2.92. The van der Waals surface area contributed by atoms with Gasteiger partial charge in [0.15, 0.2) is 0 Å². The molecule has 0 saturated heterocycles. The third-order valence-electron chi connectivity index (χ3n) is 4.24. The second-order valence-electron chi connectivity index (χ2n) is 5.70. The summed E-state index contributed by atoms with van der Waals surface area (Å²) >= 11 is 1.90. The van der Waals surface area contributed by atoms with Crippen molar-refractivity contribution < 1.29 is 0 Å². The van der Waals surface area contributed by atoms with Crippen molar-refractivity contribution in [3.05, 3.63) is 72.3 Å². The molecule has 1 atom stereocenters. The first-order valence-corrected chi connectivity index (χ1v) is 8.69. The van der Waals surface area contributed by atoms with Crippen LogP contribution in [0.4, 0.5) is 11.4 Å². The molecule has 4 rings (SSSR count). The Kier molecular flexibility index (Phi) is 3.80. The van der Waals surface area contributed by atoms with Gasteiger partial charge in [0.1, 0.15) is 0 Å². The van der Waals surface area contributed by atoms with Crippen molar-refractivity contribution in [2.75, 3.05) is 11.9 Å². The molecule has 0 aromatic heterocycles. The standard InChI is InChI=1S/C20H18N2S/c1-22-18-10-4-5-11-19(18)23-20(22)12-6-7-15-13-14-21-17-9-3-2-8-16(15)17/h2-12,14,20H,13H2,1H3. The van der Waals surface area contributed by atoms with Crippen LogP contribution in [0.3, 0.4) is 0 Å². The lowest BCUT2D eigenvalue weighted by Crippen LogP contribution is -2.21. The molecule has 0 amide bonds. The molecule has 2 aliphatic rings. The fourth-order valence-electron chi connectivity index (χ4n) is 3.00. The number of fused-ring (bicyclic) bond motifs is 2. The number of likely N-dealkylation sites (N-methyl/N-ethyl adjacent to an activating group) is 1. The van der Waals surface area contributed by atoms with Crippen molar-refractivity contribution in [1.29, 1.82) is 0 Å². The SMILES string of the molecule is CN1c2ccccc2SC1C=CC=C1CC=Nc2ccccc21. The molecule has 3 heteroatoms. The molecule has 2 aromatic carbocycles. The van der Waals surface area contributed by atoms with E-state index >= 15 is 0 Å². The van der Waals surface area contributed by atoms with Crippen LogP contribution in [0.15, 0.2) is 76.6 Å². The number of benzene rings is 2. The molecule has 2 nitrogen and oxygen atoms in total. The maximum absolute atomic E-state index is 4.47. The van der Waals surface area contributed by atoms with E-state index in [0.717, 1.165) is 12.1 Å². The molecule has 0 saturated carbocycles. The molecule has 0 spiro atoms. The van der Waals surface area contributed by atoms with Crippen molar-refractivity contribution in [2.24, 2.45) is 4.99 Å². The summed E-state index contributed by atoms with van der Waals surface area (Å²) in [6.45, 7) is 0. The maximum Gasteiger partial charge on any atom is 0.0982 e. The van der Waals surface area contributed by atoms with E-state index in [1.54, 1.807) is 0 Å². The van der Waals surface area contributed by atoms with Crippen LogP contribution in [0, 0.1) is 0 Å². The van der Waals surface area contributed by atoms with Gasteiger partial charge in [0, 0.05) is 30.1 Å². The van der Waals surface area contributed by atoms with Gasteiger partial charge in [0.05, 0.1) is 16.7 Å². The summed E-state index contributed by atoms with van der Waals surface area (Å²) in [5.41, 5.74) is 4.96. The van der Waals surface area contributed by atoms with Gasteiger partial charge in [-0.1, -0.05) is 60.3 Å². The number of para-hydroxylation sites is 2. The molecule has 23 heavy (non-hydrogen) atoms. The number of nitrogens with zero attached hydrogens (tertiary/aromatic N) is 2. The molecular formula is C20H18N2S. The molecule has 0 N–H and O–H groups in total. The Bertz CT molecular complexity index is 820. The summed E-state index contributed by atoms with van der Waals surface area (Å²) < 4.78 is 0. The van der Waals surface area contributed by atoms with Crippen molar-refractivity contribution in [3.63, 3.8) is 0 Å². The minimum absolute atomic E-state index is 0.358. The molecule has 2 aliphatic heterocycles. The van der Waals surface area contributed by atoms with E-state index < -0.39 is 0 Å². The molecule has 2 heterocycles. The van der Waals surface area contributed by atoms with E-state index in [4.69, 9.17) is 0 Å². The van der Waals surface area contributed by atoms with E-state index in [2.05, 4.69) is 77.6 Å². The first-order valence-electron chi connectivity index (χ1n) is 7.81. The van der Waals surface area contributed by atoms with Gasteiger partial charge in [0.25, 0.3) is 0 Å². The second kappa shape index (κ2) is 6.09. The number of aliphatic imine (C=N–C) groups is 1. The minimum atomic E-state index is 0.358. The van der Waals surface area contributed by atoms with Crippen molar-refractivity contribution >= 4 is 34.9 Å². The van der Waals surface area contributed by atoms with Crippen LogP contribution in [-0.2, 0) is 0 Å². The fraction of sp³-hybridized carbons (Fsp3) is 0.150. The Labute approximate surface area is 141 Å². The highest BCUT2D eigenvalue weighted by Gasteiger charge is 2.24. The molecule has 0 aliphatic carbocycles. The van der Waals surface area contributed by atoms with Crippen molar-refractivity contribution in [1.82, 2.24) is 0 Å². The van der Waals surface area contributed by atoms with Crippen LogP contribution in [0.1, 0.15) is 12.0 Å². The molecule has 114 valence electrons. The second-order valence-corrected chi connectivity index (χ2v) is 6.86. The number of rotatable bonds is 2. The minimum Gasteiger partial charge on any atom is -0.358 e. The highest BCUT2D eigenvalue weighted by Crippen LogP contribution is 2.42. The molecule has 1 unspecified atom stereocenters. The Morgan fingerprint density at radius 3 is 2.87 bits per heavy atom. The molecule has 0 radical (unpaired) electrons.